The SMILES string of the molecule is CC(O)CC(O)(C(=O)CNC(=O)OC(C)(C)C)C(=O)OCc1ccccc1. The zero-order valence-corrected chi connectivity index (χ0v) is 16.0. The predicted octanol–water partition coefficient (Wildman–Crippen LogP) is 1.33. The first-order valence-electron chi connectivity index (χ1n) is 8.56. The van der Waals surface area contributed by atoms with Crippen molar-refractivity contribution in [3.8, 4) is 0 Å². The molecular weight excluding hydrogens is 354 g/mol. The predicted molar refractivity (Wildman–Crippen MR) is 96.7 cm³/mol. The van der Waals surface area contributed by atoms with E-state index in [0.717, 1.165) is 0 Å². The minimum Gasteiger partial charge on any atom is -0.458 e. The molecule has 0 radical (unpaired) electrons. The van der Waals surface area contributed by atoms with Crippen molar-refractivity contribution in [1.29, 1.82) is 0 Å². The number of hydrogen-bond donors (Lipinski definition) is 3. The Morgan fingerprint density at radius 3 is 2.26 bits per heavy atom. The van der Waals surface area contributed by atoms with Gasteiger partial charge in [0.15, 0.2) is 5.78 Å². The van der Waals surface area contributed by atoms with Crippen molar-refractivity contribution in [2.45, 2.75) is 58.0 Å². The number of carbonyl (C=O) groups excluding carboxylic acids is 3. The zero-order chi connectivity index (χ0) is 20.7. The van der Waals surface area contributed by atoms with Crippen LogP contribution in [0.25, 0.3) is 0 Å². The van der Waals surface area contributed by atoms with E-state index < -0.39 is 48.1 Å². The number of aliphatic hydroxyl groups is 2. The third kappa shape index (κ3) is 7.76. The first-order chi connectivity index (χ1) is 12.4. The highest BCUT2D eigenvalue weighted by molar-refractivity contribution is 6.08. The molecule has 3 N–H and O–H groups in total. The topological polar surface area (TPSA) is 122 Å². The summed E-state index contributed by atoms with van der Waals surface area (Å²) >= 11 is 0. The van der Waals surface area contributed by atoms with E-state index in [9.17, 15) is 24.6 Å². The number of nitrogens with one attached hydrogen (secondary N) is 1. The monoisotopic (exact) mass is 381 g/mol. The highest BCUT2D eigenvalue weighted by Gasteiger charge is 2.46. The number of ketones is 1. The van der Waals surface area contributed by atoms with Crippen molar-refractivity contribution in [3.63, 3.8) is 0 Å². The molecule has 0 aromatic heterocycles. The van der Waals surface area contributed by atoms with Crippen LogP contribution in [0, 0.1) is 0 Å². The number of amides is 1. The maximum Gasteiger partial charge on any atom is 0.408 e. The Bertz CT molecular complexity index is 652. The number of ether oxygens (including phenoxy) is 2. The van der Waals surface area contributed by atoms with Crippen LogP contribution < -0.4 is 5.32 Å². The average molecular weight is 381 g/mol. The lowest BCUT2D eigenvalue weighted by molar-refractivity contribution is -0.174. The Hall–Kier alpha value is -2.45. The maximum atomic E-state index is 12.4. The molecular formula is C19H27NO7. The molecule has 1 rings (SSSR count). The summed E-state index contributed by atoms with van der Waals surface area (Å²) in [6.07, 6.45) is -2.58. The number of hydrogen-bond acceptors (Lipinski definition) is 7. The molecule has 8 nitrogen and oxygen atoms in total. The number of Topliss-reactive ketones (excluding diaryl/α,β-unsaturated/α-hetero) is 1. The molecule has 0 fully saturated rings. The van der Waals surface area contributed by atoms with Gasteiger partial charge < -0.3 is 25.0 Å². The van der Waals surface area contributed by atoms with Crippen LogP contribution in [0.3, 0.4) is 0 Å². The van der Waals surface area contributed by atoms with Gasteiger partial charge in [0, 0.05) is 6.42 Å². The number of benzene rings is 1. The van der Waals surface area contributed by atoms with Crippen LogP contribution in [0.2, 0.25) is 0 Å². The van der Waals surface area contributed by atoms with E-state index in [1.54, 1.807) is 51.1 Å². The van der Waals surface area contributed by atoms with Crippen LogP contribution in [0.4, 0.5) is 4.79 Å². The quantitative estimate of drug-likeness (QED) is 0.458. The summed E-state index contributed by atoms with van der Waals surface area (Å²) in [5, 5.41) is 22.3. The fourth-order valence-corrected chi connectivity index (χ4v) is 2.19. The smallest absolute Gasteiger partial charge is 0.408 e. The summed E-state index contributed by atoms with van der Waals surface area (Å²) in [5.41, 5.74) is -2.68. The molecule has 2 atom stereocenters. The molecule has 0 spiro atoms. The lowest BCUT2D eigenvalue weighted by Crippen LogP contribution is -2.53. The second-order valence-electron chi connectivity index (χ2n) is 7.25. The first-order valence-corrected chi connectivity index (χ1v) is 8.56. The van der Waals surface area contributed by atoms with Gasteiger partial charge in [-0.3, -0.25) is 4.79 Å². The lowest BCUT2D eigenvalue weighted by Gasteiger charge is -2.26. The van der Waals surface area contributed by atoms with Crippen LogP contribution in [0.5, 0.6) is 0 Å². The molecule has 2 unspecified atom stereocenters. The number of rotatable bonds is 8. The minimum absolute atomic E-state index is 0.144. The van der Waals surface area contributed by atoms with E-state index in [2.05, 4.69) is 5.32 Å². The first kappa shape index (κ1) is 22.6. The summed E-state index contributed by atoms with van der Waals surface area (Å²) in [6, 6.07) is 8.73. The van der Waals surface area contributed by atoms with Gasteiger partial charge in [-0.25, -0.2) is 9.59 Å². The largest absolute Gasteiger partial charge is 0.458 e. The lowest BCUT2D eigenvalue weighted by atomic mass is 9.91. The van der Waals surface area contributed by atoms with Gasteiger partial charge in [-0.05, 0) is 33.3 Å². The van der Waals surface area contributed by atoms with Crippen molar-refractivity contribution in [2.75, 3.05) is 6.54 Å². The van der Waals surface area contributed by atoms with Crippen molar-refractivity contribution >= 4 is 17.8 Å². The molecule has 0 saturated carbocycles. The van der Waals surface area contributed by atoms with Gasteiger partial charge in [0.05, 0.1) is 12.6 Å². The molecule has 8 heteroatoms. The normalized spacial score (nSPS) is 14.6. The Kier molecular flexibility index (Phi) is 7.93. The Labute approximate surface area is 158 Å². The Morgan fingerprint density at radius 2 is 1.74 bits per heavy atom. The molecule has 0 heterocycles. The van der Waals surface area contributed by atoms with Crippen LogP contribution in [-0.2, 0) is 25.7 Å². The fraction of sp³-hybridized carbons (Fsp3) is 0.526. The number of carbonyl (C=O) groups is 3. The Morgan fingerprint density at radius 1 is 1.15 bits per heavy atom. The van der Waals surface area contributed by atoms with Gasteiger partial charge in [0.1, 0.15) is 12.2 Å². The van der Waals surface area contributed by atoms with Crippen LogP contribution in [0.1, 0.15) is 39.7 Å². The van der Waals surface area contributed by atoms with E-state index in [0.29, 0.717) is 5.56 Å². The highest BCUT2D eigenvalue weighted by Crippen LogP contribution is 2.18. The van der Waals surface area contributed by atoms with Gasteiger partial charge in [-0.1, -0.05) is 30.3 Å². The summed E-state index contributed by atoms with van der Waals surface area (Å²) < 4.78 is 10.0. The van der Waals surface area contributed by atoms with Crippen molar-refractivity contribution < 1.29 is 34.1 Å². The minimum atomic E-state index is -2.59. The molecule has 150 valence electrons. The molecule has 1 aromatic carbocycles. The summed E-state index contributed by atoms with van der Waals surface area (Å²) in [7, 11) is 0. The second-order valence-corrected chi connectivity index (χ2v) is 7.25. The standard InChI is InChI=1S/C19H27NO7/c1-13(21)10-19(25,15(22)11-20-17(24)27-18(2,3)4)16(23)26-12-14-8-6-5-7-9-14/h5-9,13,21,25H,10-12H2,1-4H3,(H,20,24). The van der Waals surface area contributed by atoms with Gasteiger partial charge in [0.25, 0.3) is 0 Å². The molecule has 0 saturated heterocycles. The van der Waals surface area contributed by atoms with Gasteiger partial charge in [-0.2, -0.15) is 0 Å². The van der Waals surface area contributed by atoms with Crippen LogP contribution in [-0.4, -0.2) is 51.9 Å². The van der Waals surface area contributed by atoms with Crippen LogP contribution >= 0.6 is 0 Å². The third-order valence-corrected chi connectivity index (χ3v) is 3.39. The zero-order valence-electron chi connectivity index (χ0n) is 16.0. The van der Waals surface area contributed by atoms with E-state index in [-0.39, 0.29) is 6.61 Å². The second kappa shape index (κ2) is 9.48. The molecule has 0 aliphatic carbocycles. The third-order valence-electron chi connectivity index (χ3n) is 3.39. The molecule has 0 aliphatic rings. The Balaban J connectivity index is 2.76. The number of esters is 1. The summed E-state index contributed by atoms with van der Waals surface area (Å²) in [5.74, 6) is -2.20. The molecule has 1 amide bonds. The molecule has 0 aliphatic heterocycles. The van der Waals surface area contributed by atoms with Gasteiger partial charge in [0.2, 0.25) is 5.60 Å². The summed E-state index contributed by atoms with van der Waals surface area (Å²) in [6.45, 7) is 5.48. The van der Waals surface area contributed by atoms with E-state index >= 15 is 0 Å². The molecule has 0 bridgehead atoms. The van der Waals surface area contributed by atoms with E-state index in [1.165, 1.54) is 6.92 Å². The average Bonchev–Trinajstić information content (AvgIpc) is 2.56. The van der Waals surface area contributed by atoms with E-state index in [1.807, 2.05) is 0 Å². The summed E-state index contributed by atoms with van der Waals surface area (Å²) in [4.78, 5) is 36.4. The highest BCUT2D eigenvalue weighted by atomic mass is 16.6. The van der Waals surface area contributed by atoms with Crippen molar-refractivity contribution in [3.05, 3.63) is 35.9 Å². The number of aliphatic hydroxyl groups excluding tert-OH is 1. The van der Waals surface area contributed by atoms with Crippen molar-refractivity contribution in [2.24, 2.45) is 0 Å². The van der Waals surface area contributed by atoms with Crippen molar-refractivity contribution in [1.82, 2.24) is 5.32 Å². The van der Waals surface area contributed by atoms with E-state index in [4.69, 9.17) is 9.47 Å². The molecule has 1 aromatic rings. The van der Waals surface area contributed by atoms with Crippen LogP contribution in [0.15, 0.2) is 30.3 Å². The fourth-order valence-electron chi connectivity index (χ4n) is 2.19. The van der Waals surface area contributed by atoms with Gasteiger partial charge >= 0.3 is 12.1 Å². The molecule has 27 heavy (non-hydrogen) atoms. The maximum absolute atomic E-state index is 12.4. The van der Waals surface area contributed by atoms with Gasteiger partial charge in [-0.15, -0.1) is 0 Å². The number of alkyl carbamates (subject to hydrolysis) is 1.